The fraction of sp³-hybridized carbons (Fsp3) is 0.385. The van der Waals surface area contributed by atoms with Gasteiger partial charge in [0, 0.05) is 0 Å². The van der Waals surface area contributed by atoms with Gasteiger partial charge in [-0.25, -0.2) is 4.79 Å². The van der Waals surface area contributed by atoms with Crippen molar-refractivity contribution in [3.05, 3.63) is 35.4 Å². The average molecular weight is 271 g/mol. The second kappa shape index (κ2) is 5.31. The number of carbonyl (C=O) groups is 1. The third kappa shape index (κ3) is 2.87. The number of benzene rings is 1. The van der Waals surface area contributed by atoms with E-state index >= 15 is 0 Å². The van der Waals surface area contributed by atoms with Crippen LogP contribution >= 0.6 is 0 Å². The molecule has 0 fully saturated rings. The Kier molecular flexibility index (Phi) is 4.20. The van der Waals surface area contributed by atoms with Crippen molar-refractivity contribution >= 4 is 5.97 Å². The lowest BCUT2D eigenvalue weighted by Crippen LogP contribution is -2.35. The minimum Gasteiger partial charge on any atom is -0.465 e. The summed E-state index contributed by atoms with van der Waals surface area (Å²) >= 11 is 0. The number of esters is 1. The van der Waals surface area contributed by atoms with Crippen LogP contribution in [0.3, 0.4) is 0 Å². The van der Waals surface area contributed by atoms with Crippen LogP contribution in [0.4, 0.5) is 13.2 Å². The van der Waals surface area contributed by atoms with Gasteiger partial charge in [-0.3, -0.25) is 0 Å². The van der Waals surface area contributed by atoms with Crippen molar-refractivity contribution in [1.29, 1.82) is 5.26 Å². The van der Waals surface area contributed by atoms with Gasteiger partial charge in [0.25, 0.3) is 0 Å². The molecule has 6 heteroatoms. The number of ether oxygens (including phenoxy) is 1. The van der Waals surface area contributed by atoms with Crippen LogP contribution in [0.15, 0.2) is 24.3 Å². The molecule has 1 aromatic rings. The van der Waals surface area contributed by atoms with E-state index in [1.807, 2.05) is 0 Å². The summed E-state index contributed by atoms with van der Waals surface area (Å²) in [5, 5.41) is 9.11. The number of halogens is 3. The quantitative estimate of drug-likeness (QED) is 0.794. The zero-order valence-electron chi connectivity index (χ0n) is 10.4. The van der Waals surface area contributed by atoms with Crippen LogP contribution in [0.2, 0.25) is 0 Å². The van der Waals surface area contributed by atoms with Gasteiger partial charge in [-0.2, -0.15) is 18.4 Å². The Morgan fingerprint density at radius 1 is 1.32 bits per heavy atom. The summed E-state index contributed by atoms with van der Waals surface area (Å²) in [5.41, 5.74) is -3.39. The topological polar surface area (TPSA) is 50.1 Å². The summed E-state index contributed by atoms with van der Waals surface area (Å²) in [6, 6.07) is 6.12. The first-order valence-corrected chi connectivity index (χ1v) is 5.52. The van der Waals surface area contributed by atoms with Gasteiger partial charge >= 0.3 is 12.1 Å². The molecular formula is C13H12F3NO2. The molecule has 3 nitrogen and oxygen atoms in total. The lowest BCUT2D eigenvalue weighted by Gasteiger charge is -2.23. The molecule has 1 aromatic carbocycles. The molecule has 1 unspecified atom stereocenters. The summed E-state index contributed by atoms with van der Waals surface area (Å²) < 4.78 is 43.4. The lowest BCUT2D eigenvalue weighted by atomic mass is 9.81. The fourth-order valence-electron chi connectivity index (χ4n) is 1.66. The molecule has 0 bridgehead atoms. The maximum Gasteiger partial charge on any atom is 0.416 e. The maximum atomic E-state index is 12.9. The molecule has 1 atom stereocenters. The minimum atomic E-state index is -4.64. The van der Waals surface area contributed by atoms with E-state index < -0.39 is 28.7 Å². The molecule has 1 rings (SSSR count). The molecule has 0 heterocycles. The van der Waals surface area contributed by atoms with Crippen LogP contribution in [-0.2, 0) is 21.1 Å². The predicted molar refractivity (Wildman–Crippen MR) is 61.0 cm³/mol. The van der Waals surface area contributed by atoms with Gasteiger partial charge in [0.05, 0.1) is 18.2 Å². The van der Waals surface area contributed by atoms with Gasteiger partial charge in [-0.1, -0.05) is 18.2 Å². The Morgan fingerprint density at radius 3 is 2.26 bits per heavy atom. The summed E-state index contributed by atoms with van der Waals surface area (Å²) in [6.45, 7) is 2.63. The predicted octanol–water partition coefficient (Wildman–Crippen LogP) is 3.05. The highest BCUT2D eigenvalue weighted by atomic mass is 19.4. The standard InChI is InChI=1S/C13H12F3NO2/c1-3-19-11(18)12(2,8-17)9-6-4-5-7-10(9)13(14,15)16/h4-7H,3H2,1-2H3. The van der Waals surface area contributed by atoms with Gasteiger partial charge in [0.1, 0.15) is 0 Å². The molecule has 0 saturated heterocycles. The number of carbonyl (C=O) groups excluding carboxylic acids is 1. The second-order valence-corrected chi connectivity index (χ2v) is 4.00. The van der Waals surface area contributed by atoms with Crippen molar-refractivity contribution in [1.82, 2.24) is 0 Å². The van der Waals surface area contributed by atoms with Gasteiger partial charge in [-0.15, -0.1) is 0 Å². The van der Waals surface area contributed by atoms with Crippen molar-refractivity contribution in [3.63, 3.8) is 0 Å². The van der Waals surface area contributed by atoms with Gasteiger partial charge in [-0.05, 0) is 25.5 Å². The van der Waals surface area contributed by atoms with Crippen LogP contribution < -0.4 is 0 Å². The monoisotopic (exact) mass is 271 g/mol. The van der Waals surface area contributed by atoms with Crippen molar-refractivity contribution in [2.24, 2.45) is 0 Å². The van der Waals surface area contributed by atoms with E-state index in [0.717, 1.165) is 19.1 Å². The van der Waals surface area contributed by atoms with Crippen molar-refractivity contribution in [2.45, 2.75) is 25.4 Å². The molecule has 0 aliphatic carbocycles. The van der Waals surface area contributed by atoms with Crippen LogP contribution in [0, 0.1) is 11.3 Å². The Morgan fingerprint density at radius 2 is 1.84 bits per heavy atom. The summed E-state index contributed by atoms with van der Waals surface area (Å²) in [5.74, 6) is -0.991. The number of hydrogen-bond donors (Lipinski definition) is 0. The Hall–Kier alpha value is -2.03. The number of nitriles is 1. The first kappa shape index (κ1) is 15.0. The molecule has 0 aliphatic rings. The second-order valence-electron chi connectivity index (χ2n) is 4.00. The number of hydrogen-bond acceptors (Lipinski definition) is 3. The van der Waals surface area contributed by atoms with E-state index in [0.29, 0.717) is 0 Å². The van der Waals surface area contributed by atoms with E-state index in [4.69, 9.17) is 10.00 Å². The number of rotatable bonds is 3. The van der Waals surface area contributed by atoms with Crippen LogP contribution in [-0.4, -0.2) is 12.6 Å². The van der Waals surface area contributed by atoms with E-state index in [1.54, 1.807) is 6.07 Å². The van der Waals surface area contributed by atoms with Crippen molar-refractivity contribution < 1.29 is 22.7 Å². The summed E-state index contributed by atoms with van der Waals surface area (Å²) in [4.78, 5) is 11.8. The lowest BCUT2D eigenvalue weighted by molar-refractivity contribution is -0.148. The van der Waals surface area contributed by atoms with Gasteiger partial charge in [0.15, 0.2) is 5.41 Å². The zero-order chi connectivity index (χ0) is 14.7. The maximum absolute atomic E-state index is 12.9. The molecule has 0 aliphatic heterocycles. The van der Waals surface area contributed by atoms with Crippen LogP contribution in [0.25, 0.3) is 0 Å². The summed E-state index contributed by atoms with van der Waals surface area (Å²) in [7, 11) is 0. The minimum absolute atomic E-state index is 0.00963. The van der Waals surface area contributed by atoms with Crippen molar-refractivity contribution in [2.75, 3.05) is 6.61 Å². The van der Waals surface area contributed by atoms with Crippen molar-refractivity contribution in [3.8, 4) is 6.07 Å². The molecule has 0 spiro atoms. The highest BCUT2D eigenvalue weighted by Gasteiger charge is 2.44. The number of alkyl halides is 3. The fourth-order valence-corrected chi connectivity index (χ4v) is 1.66. The first-order chi connectivity index (χ1) is 8.77. The van der Waals surface area contributed by atoms with E-state index in [-0.39, 0.29) is 6.61 Å². The Balaban J connectivity index is 3.43. The average Bonchev–Trinajstić information content (AvgIpc) is 2.37. The molecule has 19 heavy (non-hydrogen) atoms. The van der Waals surface area contributed by atoms with E-state index in [1.165, 1.54) is 19.1 Å². The third-order valence-corrected chi connectivity index (χ3v) is 2.68. The van der Waals surface area contributed by atoms with Gasteiger partial charge in [0.2, 0.25) is 0 Å². The molecule has 102 valence electrons. The Labute approximate surface area is 108 Å². The van der Waals surface area contributed by atoms with Crippen LogP contribution in [0.5, 0.6) is 0 Å². The molecule has 0 amide bonds. The van der Waals surface area contributed by atoms with E-state index in [9.17, 15) is 18.0 Å². The SMILES string of the molecule is CCOC(=O)C(C)(C#N)c1ccccc1C(F)(F)F. The number of nitrogens with zero attached hydrogens (tertiary/aromatic N) is 1. The normalized spacial score (nSPS) is 14.3. The molecule has 0 radical (unpaired) electrons. The third-order valence-electron chi connectivity index (χ3n) is 2.68. The van der Waals surface area contributed by atoms with E-state index in [2.05, 4.69) is 0 Å². The smallest absolute Gasteiger partial charge is 0.416 e. The Bertz CT molecular complexity index is 519. The first-order valence-electron chi connectivity index (χ1n) is 5.52. The van der Waals surface area contributed by atoms with Gasteiger partial charge < -0.3 is 4.74 Å². The molecule has 0 aromatic heterocycles. The highest BCUT2D eigenvalue weighted by molar-refractivity contribution is 5.86. The largest absolute Gasteiger partial charge is 0.465 e. The molecule has 0 saturated carbocycles. The summed E-state index contributed by atoms with van der Waals surface area (Å²) in [6.07, 6.45) is -4.64. The molecular weight excluding hydrogens is 259 g/mol. The van der Waals surface area contributed by atoms with Crippen LogP contribution in [0.1, 0.15) is 25.0 Å². The molecule has 0 N–H and O–H groups in total. The zero-order valence-corrected chi connectivity index (χ0v) is 10.4. The highest BCUT2D eigenvalue weighted by Crippen LogP contribution is 2.37.